The SMILES string of the molecule is CC(=O)c1cccc(NC(=O)C(C)NS(=O)(=O)c2ccc(Cl)c(Cl)c2)c1. The number of carbonyl (C=O) groups is 2. The van der Waals surface area contributed by atoms with E-state index in [1.165, 1.54) is 38.1 Å². The van der Waals surface area contributed by atoms with Gasteiger partial charge in [0, 0.05) is 11.3 Å². The number of hydrogen-bond donors (Lipinski definition) is 2. The Hall–Kier alpha value is -1.93. The molecule has 2 aromatic carbocycles. The lowest BCUT2D eigenvalue weighted by atomic mass is 10.1. The number of carbonyl (C=O) groups excluding carboxylic acids is 2. The maximum absolute atomic E-state index is 12.4. The second-order valence-corrected chi connectivity index (χ2v) is 8.07. The van der Waals surface area contributed by atoms with Crippen molar-refractivity contribution in [3.8, 4) is 0 Å². The summed E-state index contributed by atoms with van der Waals surface area (Å²) in [6.07, 6.45) is 0. The van der Waals surface area contributed by atoms with Gasteiger partial charge in [-0.2, -0.15) is 4.72 Å². The smallest absolute Gasteiger partial charge is 0.242 e. The lowest BCUT2D eigenvalue weighted by molar-refractivity contribution is -0.117. The first-order valence-electron chi connectivity index (χ1n) is 7.49. The summed E-state index contributed by atoms with van der Waals surface area (Å²) in [5, 5.41) is 2.88. The fourth-order valence-electron chi connectivity index (χ4n) is 2.06. The van der Waals surface area contributed by atoms with E-state index < -0.39 is 22.0 Å². The van der Waals surface area contributed by atoms with E-state index in [9.17, 15) is 18.0 Å². The normalized spacial score (nSPS) is 12.5. The quantitative estimate of drug-likeness (QED) is 0.707. The molecular weight excluding hydrogens is 399 g/mol. The fraction of sp³-hybridized carbons (Fsp3) is 0.176. The summed E-state index contributed by atoms with van der Waals surface area (Å²) >= 11 is 11.6. The van der Waals surface area contributed by atoms with Crippen LogP contribution in [0.5, 0.6) is 0 Å². The molecule has 9 heteroatoms. The van der Waals surface area contributed by atoms with Gasteiger partial charge in [-0.1, -0.05) is 35.3 Å². The average molecular weight is 415 g/mol. The van der Waals surface area contributed by atoms with Crippen LogP contribution in [-0.4, -0.2) is 26.2 Å². The third kappa shape index (κ3) is 5.04. The minimum absolute atomic E-state index is 0.0905. The lowest BCUT2D eigenvalue weighted by Gasteiger charge is -2.15. The van der Waals surface area contributed by atoms with E-state index in [4.69, 9.17) is 23.2 Å². The molecule has 2 N–H and O–H groups in total. The van der Waals surface area contributed by atoms with E-state index in [0.29, 0.717) is 11.3 Å². The Morgan fingerprint density at radius 3 is 2.35 bits per heavy atom. The predicted octanol–water partition coefficient (Wildman–Crippen LogP) is 3.50. The van der Waals surface area contributed by atoms with Gasteiger partial charge in [-0.05, 0) is 44.2 Å². The molecule has 0 spiro atoms. The monoisotopic (exact) mass is 414 g/mol. The molecular formula is C17H16Cl2N2O4S. The number of rotatable bonds is 6. The Morgan fingerprint density at radius 1 is 1.04 bits per heavy atom. The van der Waals surface area contributed by atoms with E-state index in [-0.39, 0.29) is 20.7 Å². The fourth-order valence-corrected chi connectivity index (χ4v) is 3.66. The minimum atomic E-state index is -3.97. The highest BCUT2D eigenvalue weighted by atomic mass is 35.5. The van der Waals surface area contributed by atoms with Gasteiger partial charge in [0.05, 0.1) is 21.0 Å². The van der Waals surface area contributed by atoms with Gasteiger partial charge in [0.2, 0.25) is 15.9 Å². The number of amides is 1. The van der Waals surface area contributed by atoms with Crippen LogP contribution >= 0.6 is 23.2 Å². The maximum Gasteiger partial charge on any atom is 0.242 e. The van der Waals surface area contributed by atoms with Gasteiger partial charge in [-0.25, -0.2) is 8.42 Å². The van der Waals surface area contributed by atoms with Gasteiger partial charge in [0.1, 0.15) is 0 Å². The molecule has 1 amide bonds. The number of anilines is 1. The highest BCUT2D eigenvalue weighted by molar-refractivity contribution is 7.89. The molecule has 26 heavy (non-hydrogen) atoms. The Labute approximate surface area is 161 Å². The third-order valence-corrected chi connectivity index (χ3v) is 5.74. The summed E-state index contributed by atoms with van der Waals surface area (Å²) in [6.45, 7) is 2.81. The van der Waals surface area contributed by atoms with Crippen molar-refractivity contribution < 1.29 is 18.0 Å². The van der Waals surface area contributed by atoms with E-state index in [2.05, 4.69) is 10.0 Å². The van der Waals surface area contributed by atoms with E-state index >= 15 is 0 Å². The number of sulfonamides is 1. The number of ketones is 1. The Bertz CT molecular complexity index is 961. The molecule has 138 valence electrons. The van der Waals surface area contributed by atoms with Crippen LogP contribution in [0.25, 0.3) is 0 Å². The zero-order valence-electron chi connectivity index (χ0n) is 13.9. The number of Topliss-reactive ketones (excluding diaryl/α,β-unsaturated/α-hetero) is 1. The van der Waals surface area contributed by atoms with Crippen LogP contribution in [0.3, 0.4) is 0 Å². The van der Waals surface area contributed by atoms with Gasteiger partial charge in [-0.15, -0.1) is 0 Å². The summed E-state index contributed by atoms with van der Waals surface area (Å²) < 4.78 is 27.0. The minimum Gasteiger partial charge on any atom is -0.325 e. The Balaban J connectivity index is 2.11. The Morgan fingerprint density at radius 2 is 1.73 bits per heavy atom. The van der Waals surface area contributed by atoms with Crippen LogP contribution in [0.15, 0.2) is 47.4 Å². The second-order valence-electron chi connectivity index (χ2n) is 5.55. The average Bonchev–Trinajstić information content (AvgIpc) is 2.57. The van der Waals surface area contributed by atoms with Crippen molar-refractivity contribution in [2.75, 3.05) is 5.32 Å². The number of nitrogens with one attached hydrogen (secondary N) is 2. The standard InChI is InChI=1S/C17H16Cl2N2O4S/c1-10(17(23)20-13-5-3-4-12(8-13)11(2)22)21-26(24,25)14-6-7-15(18)16(19)9-14/h3-10,21H,1-2H3,(H,20,23). The summed E-state index contributed by atoms with van der Waals surface area (Å²) in [4.78, 5) is 23.5. The van der Waals surface area contributed by atoms with Crippen LogP contribution in [0.1, 0.15) is 24.2 Å². The van der Waals surface area contributed by atoms with E-state index in [1.807, 2.05) is 0 Å². The van der Waals surface area contributed by atoms with Gasteiger partial charge in [-0.3, -0.25) is 9.59 Å². The summed E-state index contributed by atoms with van der Waals surface area (Å²) in [7, 11) is -3.97. The molecule has 0 saturated carbocycles. The molecule has 0 saturated heterocycles. The maximum atomic E-state index is 12.4. The molecule has 1 atom stereocenters. The van der Waals surface area contributed by atoms with Crippen LogP contribution in [0.4, 0.5) is 5.69 Å². The molecule has 0 radical (unpaired) electrons. The van der Waals surface area contributed by atoms with Gasteiger partial charge < -0.3 is 5.32 Å². The molecule has 0 aliphatic rings. The lowest BCUT2D eigenvalue weighted by Crippen LogP contribution is -2.41. The van der Waals surface area contributed by atoms with Crippen LogP contribution < -0.4 is 10.0 Å². The van der Waals surface area contributed by atoms with Crippen molar-refractivity contribution in [1.82, 2.24) is 4.72 Å². The molecule has 6 nitrogen and oxygen atoms in total. The van der Waals surface area contributed by atoms with E-state index in [0.717, 1.165) is 0 Å². The number of hydrogen-bond acceptors (Lipinski definition) is 4. The van der Waals surface area contributed by atoms with Crippen LogP contribution in [0.2, 0.25) is 10.0 Å². The topological polar surface area (TPSA) is 92.3 Å². The second kappa shape index (κ2) is 8.18. The first kappa shape index (κ1) is 20.4. The molecule has 0 bridgehead atoms. The summed E-state index contributed by atoms with van der Waals surface area (Å²) in [6, 6.07) is 9.15. The van der Waals surface area contributed by atoms with Crippen molar-refractivity contribution in [2.24, 2.45) is 0 Å². The van der Waals surface area contributed by atoms with Crippen molar-refractivity contribution in [2.45, 2.75) is 24.8 Å². The predicted molar refractivity (Wildman–Crippen MR) is 101 cm³/mol. The van der Waals surface area contributed by atoms with Crippen molar-refractivity contribution >= 4 is 50.6 Å². The van der Waals surface area contributed by atoms with Crippen LogP contribution in [0, 0.1) is 0 Å². The van der Waals surface area contributed by atoms with Crippen molar-refractivity contribution in [1.29, 1.82) is 0 Å². The largest absolute Gasteiger partial charge is 0.325 e. The molecule has 0 heterocycles. The van der Waals surface area contributed by atoms with Gasteiger partial charge >= 0.3 is 0 Å². The van der Waals surface area contributed by atoms with Crippen molar-refractivity contribution in [3.05, 3.63) is 58.1 Å². The molecule has 2 aromatic rings. The third-order valence-electron chi connectivity index (χ3n) is 3.46. The van der Waals surface area contributed by atoms with Crippen LogP contribution in [-0.2, 0) is 14.8 Å². The molecule has 0 fully saturated rings. The first-order chi connectivity index (χ1) is 12.1. The van der Waals surface area contributed by atoms with Gasteiger partial charge in [0.25, 0.3) is 0 Å². The summed E-state index contributed by atoms with van der Waals surface area (Å²) in [5.74, 6) is -0.719. The zero-order chi connectivity index (χ0) is 19.5. The molecule has 1 unspecified atom stereocenters. The highest BCUT2D eigenvalue weighted by Gasteiger charge is 2.23. The Kier molecular flexibility index (Phi) is 6.41. The molecule has 0 aliphatic carbocycles. The van der Waals surface area contributed by atoms with Crippen molar-refractivity contribution in [3.63, 3.8) is 0 Å². The molecule has 0 aliphatic heterocycles. The number of halogens is 2. The highest BCUT2D eigenvalue weighted by Crippen LogP contribution is 2.24. The molecule has 2 rings (SSSR count). The van der Waals surface area contributed by atoms with E-state index in [1.54, 1.807) is 18.2 Å². The van der Waals surface area contributed by atoms with Gasteiger partial charge in [0.15, 0.2) is 5.78 Å². The summed E-state index contributed by atoms with van der Waals surface area (Å²) in [5.41, 5.74) is 0.829. The molecule has 0 aromatic heterocycles. The first-order valence-corrected chi connectivity index (χ1v) is 9.73. The zero-order valence-corrected chi connectivity index (χ0v) is 16.2. The number of benzene rings is 2.